The summed E-state index contributed by atoms with van der Waals surface area (Å²) >= 11 is 6.31. The monoisotopic (exact) mass is 596 g/mol. The standard InChI is InChI=1S/C29H33ClN6O4S/c1-29(2)39-25-20(18-9-12-34(3)13-10-18)15-24(26(25)40-29)35-17-22(21-16-31-28(30)32-27(21)35)23-11-14-36(33-23)41(37,38)19-7-5-4-6-8-19/h4-8,11,14,16-18,20,24-26H,9-10,12-13,15H2,1-3H3/t20-,24-,25-,26+/m1/s1. The van der Waals surface area contributed by atoms with Crippen LogP contribution in [-0.2, 0) is 19.5 Å². The predicted molar refractivity (Wildman–Crippen MR) is 154 cm³/mol. The summed E-state index contributed by atoms with van der Waals surface area (Å²) in [5.74, 6) is 0.231. The Balaban J connectivity index is 1.29. The van der Waals surface area contributed by atoms with E-state index in [-0.39, 0.29) is 28.4 Å². The molecular formula is C29H33ClN6O4S. The molecule has 0 bridgehead atoms. The normalized spacial score (nSPS) is 27.0. The van der Waals surface area contributed by atoms with Gasteiger partial charge in [-0.05, 0) is 94.9 Å². The highest BCUT2D eigenvalue weighted by atomic mass is 35.5. The van der Waals surface area contributed by atoms with Crippen molar-refractivity contribution in [2.75, 3.05) is 20.1 Å². The fourth-order valence-electron chi connectivity index (χ4n) is 6.93. The zero-order chi connectivity index (χ0) is 28.5. The van der Waals surface area contributed by atoms with E-state index in [4.69, 9.17) is 21.1 Å². The molecule has 3 aliphatic rings. The van der Waals surface area contributed by atoms with Crippen molar-refractivity contribution in [2.45, 2.75) is 62.0 Å². The maximum atomic E-state index is 13.2. The Labute approximate surface area is 244 Å². The molecule has 1 saturated carbocycles. The molecule has 12 heteroatoms. The van der Waals surface area contributed by atoms with Crippen LogP contribution in [0, 0.1) is 11.8 Å². The SMILES string of the molecule is CN1CCC([C@H]2C[C@@H](n3cc(-c4ccn(S(=O)(=O)c5ccccc5)n4)c4cnc(Cl)nc43)[C@@H]3OC(C)(C)O[C@@H]32)CC1. The number of ether oxygens (including phenoxy) is 2. The number of benzene rings is 1. The average molecular weight is 597 g/mol. The van der Waals surface area contributed by atoms with Gasteiger partial charge in [0.15, 0.2) is 5.79 Å². The molecule has 41 heavy (non-hydrogen) atoms. The third-order valence-corrected chi connectivity index (χ3v) is 10.6. The Hall–Kier alpha value is -2.83. The lowest BCUT2D eigenvalue weighted by Gasteiger charge is -2.35. The summed E-state index contributed by atoms with van der Waals surface area (Å²) in [7, 11) is -1.66. The summed E-state index contributed by atoms with van der Waals surface area (Å²) in [5, 5.41) is 5.38. The minimum absolute atomic E-state index is 0.0168. The lowest BCUT2D eigenvalue weighted by atomic mass is 9.82. The van der Waals surface area contributed by atoms with Gasteiger partial charge in [-0.3, -0.25) is 0 Å². The van der Waals surface area contributed by atoms with Crippen LogP contribution < -0.4 is 0 Å². The van der Waals surface area contributed by atoms with Crippen LogP contribution in [-0.4, -0.2) is 75.2 Å². The van der Waals surface area contributed by atoms with Crippen LogP contribution in [0.2, 0.25) is 5.28 Å². The molecule has 3 fully saturated rings. The van der Waals surface area contributed by atoms with Crippen LogP contribution in [0.15, 0.2) is 59.9 Å². The molecule has 4 aromatic rings. The summed E-state index contributed by atoms with van der Waals surface area (Å²) < 4.78 is 42.6. The molecule has 2 aliphatic heterocycles. The van der Waals surface area contributed by atoms with E-state index in [1.54, 1.807) is 42.6 Å². The highest BCUT2D eigenvalue weighted by molar-refractivity contribution is 7.89. The quantitative estimate of drug-likeness (QED) is 0.308. The number of halogens is 1. The van der Waals surface area contributed by atoms with E-state index in [0.29, 0.717) is 23.2 Å². The molecule has 1 aliphatic carbocycles. The van der Waals surface area contributed by atoms with Gasteiger partial charge in [0.1, 0.15) is 11.8 Å². The Bertz CT molecular complexity index is 1700. The third kappa shape index (κ3) is 4.67. The van der Waals surface area contributed by atoms with E-state index in [2.05, 4.69) is 31.6 Å². The Morgan fingerprint density at radius 2 is 1.78 bits per heavy atom. The van der Waals surface area contributed by atoms with Crippen molar-refractivity contribution in [3.8, 4) is 11.3 Å². The van der Waals surface area contributed by atoms with Crippen LogP contribution in [0.25, 0.3) is 22.3 Å². The number of nitrogens with zero attached hydrogens (tertiary/aromatic N) is 6. The second kappa shape index (κ2) is 9.88. The second-order valence-electron chi connectivity index (χ2n) is 11.9. The van der Waals surface area contributed by atoms with Gasteiger partial charge in [-0.1, -0.05) is 18.2 Å². The average Bonchev–Trinajstić information content (AvgIpc) is 3.71. The summed E-state index contributed by atoms with van der Waals surface area (Å²) in [4.78, 5) is 11.4. The van der Waals surface area contributed by atoms with Gasteiger partial charge >= 0.3 is 0 Å². The number of hydrogen-bond donors (Lipinski definition) is 0. The summed E-state index contributed by atoms with van der Waals surface area (Å²) in [5.41, 5.74) is 1.90. The van der Waals surface area contributed by atoms with Gasteiger partial charge in [0.25, 0.3) is 10.0 Å². The number of likely N-dealkylation sites (tertiary alicyclic amines) is 1. The van der Waals surface area contributed by atoms with Crippen molar-refractivity contribution in [3.05, 3.63) is 60.3 Å². The summed E-state index contributed by atoms with van der Waals surface area (Å²) in [6, 6.07) is 9.93. The van der Waals surface area contributed by atoms with Gasteiger partial charge in [0.2, 0.25) is 5.28 Å². The first-order chi connectivity index (χ1) is 19.6. The highest BCUT2D eigenvalue weighted by Gasteiger charge is 2.56. The van der Waals surface area contributed by atoms with E-state index < -0.39 is 15.8 Å². The van der Waals surface area contributed by atoms with Gasteiger partial charge < -0.3 is 18.9 Å². The van der Waals surface area contributed by atoms with E-state index in [0.717, 1.165) is 47.4 Å². The molecule has 10 nitrogen and oxygen atoms in total. The second-order valence-corrected chi connectivity index (χ2v) is 14.0. The lowest BCUT2D eigenvalue weighted by molar-refractivity contribution is -0.163. The van der Waals surface area contributed by atoms with Crippen molar-refractivity contribution in [1.29, 1.82) is 0 Å². The van der Waals surface area contributed by atoms with Crippen LogP contribution in [0.1, 0.15) is 39.2 Å². The Morgan fingerprint density at radius 3 is 2.54 bits per heavy atom. The van der Waals surface area contributed by atoms with Gasteiger partial charge in [-0.15, -0.1) is 0 Å². The Morgan fingerprint density at radius 1 is 1.05 bits per heavy atom. The molecule has 1 aromatic carbocycles. The number of piperidine rings is 1. The molecule has 7 rings (SSSR count). The number of rotatable bonds is 5. The molecule has 0 radical (unpaired) electrons. The van der Waals surface area contributed by atoms with Crippen LogP contribution in [0.5, 0.6) is 0 Å². The first kappa shape index (κ1) is 27.0. The zero-order valence-corrected chi connectivity index (χ0v) is 24.8. The van der Waals surface area contributed by atoms with Gasteiger partial charge in [0.05, 0.1) is 22.7 Å². The maximum Gasteiger partial charge on any atom is 0.282 e. The highest BCUT2D eigenvalue weighted by Crippen LogP contribution is 2.52. The zero-order valence-electron chi connectivity index (χ0n) is 23.2. The molecule has 4 atom stereocenters. The molecule has 0 unspecified atom stereocenters. The predicted octanol–water partition coefficient (Wildman–Crippen LogP) is 4.61. The van der Waals surface area contributed by atoms with Gasteiger partial charge in [-0.2, -0.15) is 22.6 Å². The van der Waals surface area contributed by atoms with Crippen molar-refractivity contribution in [2.24, 2.45) is 11.8 Å². The van der Waals surface area contributed by atoms with E-state index in [1.807, 2.05) is 20.0 Å². The molecule has 0 amide bonds. The minimum atomic E-state index is -3.84. The molecule has 0 spiro atoms. The third-order valence-electron chi connectivity index (χ3n) is 8.88. The Kier molecular flexibility index (Phi) is 6.51. The summed E-state index contributed by atoms with van der Waals surface area (Å²) in [6.45, 7) is 6.13. The van der Waals surface area contributed by atoms with E-state index in [1.165, 1.54) is 6.20 Å². The van der Waals surface area contributed by atoms with Crippen molar-refractivity contribution in [3.63, 3.8) is 0 Å². The minimum Gasteiger partial charge on any atom is -0.344 e. The molecular weight excluding hydrogens is 564 g/mol. The van der Waals surface area contributed by atoms with Crippen LogP contribution in [0.3, 0.4) is 0 Å². The maximum absolute atomic E-state index is 13.2. The van der Waals surface area contributed by atoms with Crippen LogP contribution >= 0.6 is 11.6 Å². The van der Waals surface area contributed by atoms with Gasteiger partial charge in [-0.25, -0.2) is 4.98 Å². The van der Waals surface area contributed by atoms with E-state index in [9.17, 15) is 8.42 Å². The molecule has 2 saturated heterocycles. The fourth-order valence-corrected chi connectivity index (χ4v) is 8.20. The smallest absolute Gasteiger partial charge is 0.282 e. The summed E-state index contributed by atoms with van der Waals surface area (Å²) in [6.07, 6.45) is 8.14. The number of fused-ring (bicyclic) bond motifs is 2. The van der Waals surface area contributed by atoms with Crippen molar-refractivity contribution in [1.82, 2.24) is 28.6 Å². The first-order valence-electron chi connectivity index (χ1n) is 14.0. The lowest BCUT2D eigenvalue weighted by Crippen LogP contribution is -2.37. The molecule has 3 aromatic heterocycles. The number of aromatic nitrogens is 5. The van der Waals surface area contributed by atoms with Crippen molar-refractivity contribution < 1.29 is 17.9 Å². The molecule has 5 heterocycles. The molecule has 216 valence electrons. The van der Waals surface area contributed by atoms with Crippen LogP contribution in [0.4, 0.5) is 0 Å². The van der Waals surface area contributed by atoms with E-state index >= 15 is 0 Å². The fraction of sp³-hybridized carbons (Fsp3) is 0.483. The first-order valence-corrected chi connectivity index (χ1v) is 15.9. The largest absolute Gasteiger partial charge is 0.344 e. The van der Waals surface area contributed by atoms with Crippen molar-refractivity contribution >= 4 is 32.7 Å². The molecule has 0 N–H and O–H groups in total. The number of hydrogen-bond acceptors (Lipinski definition) is 8. The van der Waals surface area contributed by atoms with Gasteiger partial charge in [0, 0.05) is 29.5 Å². The topological polar surface area (TPSA) is 104 Å².